The topological polar surface area (TPSA) is 44.8 Å². The molecule has 162 valence electrons. The van der Waals surface area contributed by atoms with Crippen LogP contribution in [-0.4, -0.2) is 61.1 Å². The van der Waals surface area contributed by atoms with Gasteiger partial charge in [0.05, 0.1) is 19.3 Å². The van der Waals surface area contributed by atoms with Crippen LogP contribution in [0, 0.1) is 5.92 Å². The van der Waals surface area contributed by atoms with E-state index >= 15 is 0 Å². The molecule has 3 rings (SSSR count). The van der Waals surface area contributed by atoms with Gasteiger partial charge in [-0.15, -0.1) is 0 Å². The predicted molar refractivity (Wildman–Crippen MR) is 121 cm³/mol. The zero-order valence-corrected chi connectivity index (χ0v) is 18.3. The van der Waals surface area contributed by atoms with Crippen LogP contribution in [0.5, 0.6) is 0 Å². The molecule has 1 amide bonds. The Bertz CT molecular complexity index is 710. The van der Waals surface area contributed by atoms with Gasteiger partial charge >= 0.3 is 0 Å². The molecule has 5 nitrogen and oxygen atoms in total. The van der Waals surface area contributed by atoms with Crippen LogP contribution < -0.4 is 5.32 Å². The van der Waals surface area contributed by atoms with Crippen LogP contribution in [0.15, 0.2) is 60.7 Å². The monoisotopic (exact) mass is 409 g/mol. The van der Waals surface area contributed by atoms with Gasteiger partial charge in [-0.3, -0.25) is 14.6 Å². The van der Waals surface area contributed by atoms with E-state index < -0.39 is 0 Å². The Morgan fingerprint density at radius 2 is 1.67 bits per heavy atom. The van der Waals surface area contributed by atoms with Crippen LogP contribution in [0.4, 0.5) is 0 Å². The summed E-state index contributed by atoms with van der Waals surface area (Å²) in [5, 5.41) is 3.10. The molecule has 1 atom stereocenters. The number of amides is 1. The number of morpholine rings is 1. The Hall–Kier alpha value is -2.21. The Balaban J connectivity index is 1.52. The summed E-state index contributed by atoms with van der Waals surface area (Å²) < 4.78 is 5.87. The molecule has 1 fully saturated rings. The summed E-state index contributed by atoms with van der Waals surface area (Å²) in [7, 11) is 0. The van der Waals surface area contributed by atoms with Gasteiger partial charge in [-0.2, -0.15) is 0 Å². The van der Waals surface area contributed by atoms with Gasteiger partial charge in [-0.1, -0.05) is 74.5 Å². The molecule has 0 aromatic heterocycles. The zero-order valence-electron chi connectivity index (χ0n) is 18.3. The molecule has 1 heterocycles. The minimum absolute atomic E-state index is 0.0476. The third kappa shape index (κ3) is 7.90. The van der Waals surface area contributed by atoms with Crippen molar-refractivity contribution in [2.24, 2.45) is 5.92 Å². The van der Waals surface area contributed by atoms with Gasteiger partial charge in [0.25, 0.3) is 0 Å². The Morgan fingerprint density at radius 3 is 2.23 bits per heavy atom. The van der Waals surface area contributed by atoms with Gasteiger partial charge in [-0.05, 0) is 17.0 Å². The van der Waals surface area contributed by atoms with Crippen LogP contribution in [-0.2, 0) is 22.6 Å². The molecule has 0 bridgehead atoms. The molecular formula is C25H35N3O2. The smallest absolute Gasteiger partial charge is 0.234 e. The lowest BCUT2D eigenvalue weighted by Crippen LogP contribution is -2.49. The molecular weight excluding hydrogens is 374 g/mol. The molecule has 0 radical (unpaired) electrons. The first-order chi connectivity index (χ1) is 14.6. The Kier molecular flexibility index (Phi) is 8.87. The lowest BCUT2D eigenvalue weighted by Gasteiger charge is -2.34. The van der Waals surface area contributed by atoms with Crippen molar-refractivity contribution < 1.29 is 9.53 Å². The lowest BCUT2D eigenvalue weighted by atomic mass is 10.1. The van der Waals surface area contributed by atoms with Crippen molar-refractivity contribution in [2.75, 3.05) is 39.3 Å². The van der Waals surface area contributed by atoms with E-state index in [2.05, 4.69) is 53.2 Å². The van der Waals surface area contributed by atoms with Crippen LogP contribution in [0.1, 0.15) is 25.0 Å². The Labute approximate surface area is 181 Å². The van der Waals surface area contributed by atoms with E-state index in [1.54, 1.807) is 0 Å². The Morgan fingerprint density at radius 1 is 1.07 bits per heavy atom. The fourth-order valence-corrected chi connectivity index (χ4v) is 3.92. The quantitative estimate of drug-likeness (QED) is 0.655. The largest absolute Gasteiger partial charge is 0.374 e. The minimum atomic E-state index is 0.0476. The van der Waals surface area contributed by atoms with Crippen LogP contribution in [0.2, 0.25) is 0 Å². The number of carbonyl (C=O) groups excluding carboxylic acids is 1. The minimum Gasteiger partial charge on any atom is -0.374 e. The SMILES string of the molecule is CC(C)CN1CCOC(CNC(=O)CN(Cc2ccccc2)Cc2ccccc2)C1. The molecule has 5 heteroatoms. The third-order valence-electron chi connectivity index (χ3n) is 5.24. The molecule has 1 saturated heterocycles. The van der Waals surface area contributed by atoms with Crippen molar-refractivity contribution >= 4 is 5.91 Å². The number of hydrogen-bond donors (Lipinski definition) is 1. The maximum absolute atomic E-state index is 12.7. The first-order valence-electron chi connectivity index (χ1n) is 11.0. The van der Waals surface area contributed by atoms with Crippen molar-refractivity contribution in [3.63, 3.8) is 0 Å². The summed E-state index contributed by atoms with van der Waals surface area (Å²) >= 11 is 0. The van der Waals surface area contributed by atoms with E-state index in [1.165, 1.54) is 11.1 Å². The van der Waals surface area contributed by atoms with Gasteiger partial charge in [0.1, 0.15) is 0 Å². The summed E-state index contributed by atoms with van der Waals surface area (Å²) in [5.41, 5.74) is 2.42. The van der Waals surface area contributed by atoms with Crippen molar-refractivity contribution in [3.05, 3.63) is 71.8 Å². The molecule has 0 aliphatic carbocycles. The predicted octanol–water partition coefficient (Wildman–Crippen LogP) is 3.16. The van der Waals surface area contributed by atoms with Crippen LogP contribution in [0.25, 0.3) is 0 Å². The van der Waals surface area contributed by atoms with Crippen molar-refractivity contribution in [1.29, 1.82) is 0 Å². The summed E-state index contributed by atoms with van der Waals surface area (Å²) in [4.78, 5) is 17.3. The van der Waals surface area contributed by atoms with Gasteiger partial charge in [0.15, 0.2) is 0 Å². The molecule has 1 aliphatic heterocycles. The summed E-state index contributed by atoms with van der Waals surface area (Å²) in [6, 6.07) is 20.6. The number of nitrogens with one attached hydrogen (secondary N) is 1. The van der Waals surface area contributed by atoms with E-state index in [0.29, 0.717) is 19.0 Å². The highest BCUT2D eigenvalue weighted by Gasteiger charge is 2.22. The molecule has 2 aromatic rings. The standard InChI is InChI=1S/C25H35N3O2/c1-21(2)16-27-13-14-30-24(19-27)15-26-25(29)20-28(17-22-9-5-3-6-10-22)18-23-11-7-4-8-12-23/h3-12,21,24H,13-20H2,1-2H3,(H,26,29). The molecule has 1 unspecified atom stereocenters. The number of benzene rings is 2. The highest BCUT2D eigenvalue weighted by atomic mass is 16.5. The zero-order chi connectivity index (χ0) is 21.2. The van der Waals surface area contributed by atoms with E-state index in [4.69, 9.17) is 4.74 Å². The second-order valence-electron chi connectivity index (χ2n) is 8.57. The maximum atomic E-state index is 12.7. The third-order valence-corrected chi connectivity index (χ3v) is 5.24. The van der Waals surface area contributed by atoms with Crippen molar-refractivity contribution in [2.45, 2.75) is 33.0 Å². The fourth-order valence-electron chi connectivity index (χ4n) is 3.92. The van der Waals surface area contributed by atoms with Crippen LogP contribution >= 0.6 is 0 Å². The molecule has 30 heavy (non-hydrogen) atoms. The molecule has 1 aliphatic rings. The van der Waals surface area contributed by atoms with Gasteiger partial charge < -0.3 is 10.1 Å². The average Bonchev–Trinajstić information content (AvgIpc) is 2.73. The normalized spacial score (nSPS) is 17.4. The number of hydrogen-bond acceptors (Lipinski definition) is 4. The number of ether oxygens (including phenoxy) is 1. The van der Waals surface area contributed by atoms with Crippen molar-refractivity contribution in [3.8, 4) is 0 Å². The number of rotatable bonds is 10. The molecule has 0 saturated carbocycles. The lowest BCUT2D eigenvalue weighted by molar-refractivity contribution is -0.123. The highest BCUT2D eigenvalue weighted by molar-refractivity contribution is 5.78. The second kappa shape index (κ2) is 11.8. The van der Waals surface area contributed by atoms with E-state index in [1.807, 2.05) is 36.4 Å². The molecule has 2 aromatic carbocycles. The second-order valence-corrected chi connectivity index (χ2v) is 8.57. The van der Waals surface area contributed by atoms with Gasteiger partial charge in [0.2, 0.25) is 5.91 Å². The van der Waals surface area contributed by atoms with Gasteiger partial charge in [0, 0.05) is 39.3 Å². The van der Waals surface area contributed by atoms with E-state index in [-0.39, 0.29) is 12.0 Å². The maximum Gasteiger partial charge on any atom is 0.234 e. The number of carbonyl (C=O) groups is 1. The first-order valence-corrected chi connectivity index (χ1v) is 11.0. The highest BCUT2D eigenvalue weighted by Crippen LogP contribution is 2.10. The molecule has 0 spiro atoms. The summed E-state index contributed by atoms with van der Waals surface area (Å²) in [6.07, 6.45) is 0.0677. The van der Waals surface area contributed by atoms with E-state index in [9.17, 15) is 4.79 Å². The van der Waals surface area contributed by atoms with E-state index in [0.717, 1.165) is 39.3 Å². The number of nitrogens with zero attached hydrogens (tertiary/aromatic N) is 2. The fraction of sp³-hybridized carbons (Fsp3) is 0.480. The summed E-state index contributed by atoms with van der Waals surface area (Å²) in [5.74, 6) is 0.689. The molecule has 1 N–H and O–H groups in total. The van der Waals surface area contributed by atoms with Crippen molar-refractivity contribution in [1.82, 2.24) is 15.1 Å². The van der Waals surface area contributed by atoms with Crippen LogP contribution in [0.3, 0.4) is 0 Å². The van der Waals surface area contributed by atoms with Gasteiger partial charge in [-0.25, -0.2) is 0 Å². The first kappa shape index (κ1) is 22.5. The summed E-state index contributed by atoms with van der Waals surface area (Å²) in [6.45, 7) is 10.6. The average molecular weight is 410 g/mol.